The van der Waals surface area contributed by atoms with Gasteiger partial charge in [-0.1, -0.05) is 0 Å². The van der Waals surface area contributed by atoms with E-state index >= 15 is 0 Å². The molecule has 8 nitrogen and oxygen atoms in total. The Morgan fingerprint density at radius 3 is 1.64 bits per heavy atom. The molecule has 122 valence electrons. The third-order valence-corrected chi connectivity index (χ3v) is 3.68. The van der Waals surface area contributed by atoms with Crippen LogP contribution in [0.3, 0.4) is 0 Å². The molecular formula is C14H22N4O4. The number of hydrogen-bond donors (Lipinski definition) is 4. The lowest BCUT2D eigenvalue weighted by atomic mass is 9.93. The summed E-state index contributed by atoms with van der Waals surface area (Å²) in [5.41, 5.74) is 17.4. The summed E-state index contributed by atoms with van der Waals surface area (Å²) in [5, 5.41) is 0. The van der Waals surface area contributed by atoms with Crippen molar-refractivity contribution in [2.45, 2.75) is 51.0 Å². The van der Waals surface area contributed by atoms with Crippen LogP contribution in [-0.2, 0) is 19.3 Å². The fourth-order valence-electron chi connectivity index (χ4n) is 2.58. The molecule has 0 aromatic carbocycles. The number of nitrogens with two attached hydrogens (primary N) is 2. The third kappa shape index (κ3) is 3.92. The van der Waals surface area contributed by atoms with Crippen molar-refractivity contribution in [3.8, 4) is 0 Å². The summed E-state index contributed by atoms with van der Waals surface area (Å²) >= 11 is 0. The molecule has 0 saturated carbocycles. The maximum atomic E-state index is 11.5. The minimum atomic E-state index is -0.486. The third-order valence-electron chi connectivity index (χ3n) is 3.68. The van der Waals surface area contributed by atoms with Crippen LogP contribution in [0.15, 0.2) is 23.3 Å². The van der Waals surface area contributed by atoms with Gasteiger partial charge in [-0.15, -0.1) is 0 Å². The zero-order valence-corrected chi connectivity index (χ0v) is 12.7. The van der Waals surface area contributed by atoms with Crippen LogP contribution in [0.5, 0.6) is 0 Å². The van der Waals surface area contributed by atoms with Crippen LogP contribution in [0.1, 0.15) is 26.7 Å². The molecule has 0 bridgehead atoms. The van der Waals surface area contributed by atoms with Crippen LogP contribution in [0.2, 0.25) is 0 Å². The molecule has 0 aromatic heterocycles. The molecule has 2 aliphatic heterocycles. The largest absolute Gasteiger partial charge is 0.366 e. The summed E-state index contributed by atoms with van der Waals surface area (Å²) in [6, 6.07) is -0.659. The molecule has 4 atom stereocenters. The fraction of sp³-hybridized carbons (Fsp3) is 0.571. The van der Waals surface area contributed by atoms with E-state index in [2.05, 4.69) is 11.0 Å². The summed E-state index contributed by atoms with van der Waals surface area (Å²) in [7, 11) is 0. The predicted octanol–water partition coefficient (Wildman–Crippen LogP) is -0.826. The standard InChI is InChI=1S/C14H22N4O4/c1-7-5-9(13(15)19)11(17-21-7)3-4-12-10(14(16)20)6-8(2)22-18-12/h5-8,11-12,17-18H,3-4H2,1-2H3,(H2,15,19)(H2,16,20). The molecule has 2 rings (SSSR count). The first-order valence-corrected chi connectivity index (χ1v) is 7.24. The van der Waals surface area contributed by atoms with E-state index in [1.54, 1.807) is 26.0 Å². The predicted molar refractivity (Wildman–Crippen MR) is 78.7 cm³/mol. The Bertz CT molecular complexity index is 471. The number of carbonyl (C=O) groups excluding carboxylic acids is 2. The van der Waals surface area contributed by atoms with Gasteiger partial charge in [0.2, 0.25) is 11.8 Å². The van der Waals surface area contributed by atoms with Crippen LogP contribution in [-0.4, -0.2) is 36.1 Å². The number of hydrogen-bond acceptors (Lipinski definition) is 6. The van der Waals surface area contributed by atoms with Gasteiger partial charge in [-0.2, -0.15) is 11.0 Å². The van der Waals surface area contributed by atoms with E-state index in [4.69, 9.17) is 21.1 Å². The fourth-order valence-corrected chi connectivity index (χ4v) is 2.58. The summed E-state index contributed by atoms with van der Waals surface area (Å²) in [6.45, 7) is 3.61. The lowest BCUT2D eigenvalue weighted by molar-refractivity contribution is -0.117. The van der Waals surface area contributed by atoms with Crippen molar-refractivity contribution in [3.63, 3.8) is 0 Å². The number of nitrogens with one attached hydrogen (secondary N) is 2. The maximum Gasteiger partial charge on any atom is 0.246 e. The molecule has 0 aromatic rings. The average Bonchev–Trinajstić information content (AvgIpc) is 2.46. The second-order valence-corrected chi connectivity index (χ2v) is 5.54. The number of hydroxylamine groups is 2. The van der Waals surface area contributed by atoms with Crippen LogP contribution in [0.25, 0.3) is 0 Å². The summed E-state index contributed by atoms with van der Waals surface area (Å²) in [6.07, 6.45) is 4.00. The summed E-state index contributed by atoms with van der Waals surface area (Å²) in [5.74, 6) is -0.973. The highest BCUT2D eigenvalue weighted by atomic mass is 16.7. The van der Waals surface area contributed by atoms with Gasteiger partial charge in [-0.25, -0.2) is 0 Å². The zero-order valence-electron chi connectivity index (χ0n) is 12.7. The highest BCUT2D eigenvalue weighted by Gasteiger charge is 2.29. The van der Waals surface area contributed by atoms with Gasteiger partial charge in [0.05, 0.1) is 24.3 Å². The first kappa shape index (κ1) is 16.6. The Hall–Kier alpha value is -1.74. The molecule has 4 unspecified atom stereocenters. The van der Waals surface area contributed by atoms with Crippen LogP contribution >= 0.6 is 0 Å². The van der Waals surface area contributed by atoms with E-state index in [1.165, 1.54) is 0 Å². The SMILES string of the molecule is CC1C=C(C(N)=O)C(CCC2NOC(C)C=C2C(N)=O)NO1. The molecule has 2 amide bonds. The van der Waals surface area contributed by atoms with Gasteiger partial charge >= 0.3 is 0 Å². The number of rotatable bonds is 5. The number of carbonyl (C=O) groups is 2. The van der Waals surface area contributed by atoms with Crippen molar-refractivity contribution in [2.75, 3.05) is 0 Å². The first-order chi connectivity index (χ1) is 10.4. The zero-order chi connectivity index (χ0) is 16.3. The Morgan fingerprint density at radius 2 is 1.32 bits per heavy atom. The van der Waals surface area contributed by atoms with Crippen LogP contribution in [0.4, 0.5) is 0 Å². The molecule has 0 spiro atoms. The lowest BCUT2D eigenvalue weighted by Crippen LogP contribution is -2.46. The highest BCUT2D eigenvalue weighted by Crippen LogP contribution is 2.21. The molecule has 0 aliphatic carbocycles. The van der Waals surface area contributed by atoms with Crippen molar-refractivity contribution in [3.05, 3.63) is 23.3 Å². The van der Waals surface area contributed by atoms with Crippen LogP contribution in [0, 0.1) is 0 Å². The Kier molecular flexibility index (Phi) is 5.30. The van der Waals surface area contributed by atoms with Crippen molar-refractivity contribution in [2.24, 2.45) is 11.5 Å². The molecule has 0 fully saturated rings. The van der Waals surface area contributed by atoms with Crippen LogP contribution < -0.4 is 22.4 Å². The minimum absolute atomic E-state index is 0.225. The van der Waals surface area contributed by atoms with Gasteiger partial charge < -0.3 is 11.5 Å². The quantitative estimate of drug-likeness (QED) is 0.525. The molecule has 2 aliphatic rings. The summed E-state index contributed by atoms with van der Waals surface area (Å²) < 4.78 is 0. The Labute approximate surface area is 128 Å². The Balaban J connectivity index is 2.03. The lowest BCUT2D eigenvalue weighted by Gasteiger charge is -2.30. The smallest absolute Gasteiger partial charge is 0.246 e. The molecular weight excluding hydrogens is 288 g/mol. The second kappa shape index (κ2) is 7.01. The van der Waals surface area contributed by atoms with E-state index in [1.807, 2.05) is 0 Å². The minimum Gasteiger partial charge on any atom is -0.366 e. The number of amides is 2. The molecule has 2 heterocycles. The van der Waals surface area contributed by atoms with E-state index in [0.717, 1.165) is 0 Å². The van der Waals surface area contributed by atoms with Crippen molar-refractivity contribution in [1.82, 2.24) is 11.0 Å². The van der Waals surface area contributed by atoms with Gasteiger partial charge in [0.1, 0.15) is 0 Å². The van der Waals surface area contributed by atoms with E-state index in [9.17, 15) is 9.59 Å². The van der Waals surface area contributed by atoms with Gasteiger partial charge in [-0.3, -0.25) is 19.3 Å². The highest BCUT2D eigenvalue weighted by molar-refractivity contribution is 5.94. The Morgan fingerprint density at radius 1 is 0.955 bits per heavy atom. The summed E-state index contributed by atoms with van der Waals surface area (Å²) in [4.78, 5) is 33.6. The van der Waals surface area contributed by atoms with Crippen molar-refractivity contribution in [1.29, 1.82) is 0 Å². The normalized spacial score (nSPS) is 32.1. The van der Waals surface area contributed by atoms with Gasteiger partial charge in [-0.05, 0) is 38.8 Å². The maximum absolute atomic E-state index is 11.5. The molecule has 0 saturated heterocycles. The molecule has 22 heavy (non-hydrogen) atoms. The van der Waals surface area contributed by atoms with Crippen molar-refractivity contribution < 1.29 is 19.3 Å². The first-order valence-electron chi connectivity index (χ1n) is 7.24. The van der Waals surface area contributed by atoms with E-state index < -0.39 is 11.8 Å². The van der Waals surface area contributed by atoms with Gasteiger partial charge in [0.25, 0.3) is 0 Å². The number of primary amides is 2. The molecule has 0 radical (unpaired) electrons. The van der Waals surface area contributed by atoms with Gasteiger partial charge in [0, 0.05) is 11.1 Å². The van der Waals surface area contributed by atoms with E-state index in [-0.39, 0.29) is 24.3 Å². The van der Waals surface area contributed by atoms with E-state index in [0.29, 0.717) is 24.0 Å². The second-order valence-electron chi connectivity index (χ2n) is 5.54. The molecule has 6 N–H and O–H groups in total. The average molecular weight is 310 g/mol. The topological polar surface area (TPSA) is 129 Å². The van der Waals surface area contributed by atoms with Gasteiger partial charge in [0.15, 0.2) is 0 Å². The molecule has 8 heteroatoms. The van der Waals surface area contributed by atoms with Crippen molar-refractivity contribution >= 4 is 11.8 Å². The monoisotopic (exact) mass is 310 g/mol.